The van der Waals surface area contributed by atoms with Crippen molar-refractivity contribution in [2.45, 2.75) is 0 Å². The molecule has 82 valence electrons. The maximum Gasteiger partial charge on any atom is 0.318 e. The number of halogens is 1. The first-order valence-electron chi connectivity index (χ1n) is 4.53. The molecule has 0 saturated carbocycles. The Bertz CT molecular complexity index is 492. The van der Waals surface area contributed by atoms with Crippen molar-refractivity contribution in [3.05, 3.63) is 35.1 Å². The summed E-state index contributed by atoms with van der Waals surface area (Å²) in [6.45, 7) is 0. The number of hydrogen-bond donors (Lipinski definition) is 1. The van der Waals surface area contributed by atoms with Crippen LogP contribution in [0.5, 0.6) is 6.01 Å². The number of nitrogens with one attached hydrogen (secondary N) is 1. The summed E-state index contributed by atoms with van der Waals surface area (Å²) < 4.78 is 5.87. The van der Waals surface area contributed by atoms with E-state index in [1.54, 1.807) is 18.5 Å². The van der Waals surface area contributed by atoms with Gasteiger partial charge in [0, 0.05) is 16.9 Å². The predicted octanol–water partition coefficient (Wildman–Crippen LogP) is 2.39. The maximum atomic E-state index is 4.92. The van der Waals surface area contributed by atoms with Crippen LogP contribution < -0.4 is 10.1 Å². The van der Waals surface area contributed by atoms with Crippen LogP contribution >= 0.6 is 15.9 Å². The van der Waals surface area contributed by atoms with E-state index in [4.69, 9.17) is 4.74 Å². The summed E-state index contributed by atoms with van der Waals surface area (Å²) in [7, 11) is 1.52. The number of ether oxygens (including phenoxy) is 1. The first kappa shape index (κ1) is 10.8. The fourth-order valence-electron chi connectivity index (χ4n) is 1.11. The highest BCUT2D eigenvalue weighted by Crippen LogP contribution is 2.17. The second-order valence-electron chi connectivity index (χ2n) is 2.91. The highest BCUT2D eigenvalue weighted by atomic mass is 79.9. The van der Waals surface area contributed by atoms with E-state index >= 15 is 0 Å². The molecule has 1 N–H and O–H groups in total. The number of nitrogens with zero attached hydrogens (tertiary/aromatic N) is 3. The molecule has 0 aliphatic heterocycles. The quantitative estimate of drug-likeness (QED) is 0.936. The van der Waals surface area contributed by atoms with Gasteiger partial charge in [-0.2, -0.15) is 4.98 Å². The van der Waals surface area contributed by atoms with Crippen LogP contribution in [0.25, 0.3) is 0 Å². The zero-order valence-electron chi connectivity index (χ0n) is 8.51. The summed E-state index contributed by atoms with van der Waals surface area (Å²) in [4.78, 5) is 12.2. The van der Waals surface area contributed by atoms with Crippen LogP contribution in [-0.2, 0) is 0 Å². The van der Waals surface area contributed by atoms with Gasteiger partial charge in [0.15, 0.2) is 0 Å². The van der Waals surface area contributed by atoms with Crippen molar-refractivity contribution < 1.29 is 4.74 Å². The summed E-state index contributed by atoms with van der Waals surface area (Å²) in [5.41, 5.74) is 0. The zero-order valence-corrected chi connectivity index (χ0v) is 10.1. The second kappa shape index (κ2) is 4.89. The molecule has 0 radical (unpaired) electrons. The van der Waals surface area contributed by atoms with Crippen molar-refractivity contribution in [3.8, 4) is 6.01 Å². The Labute approximate surface area is 101 Å². The number of pyridine rings is 1. The summed E-state index contributed by atoms with van der Waals surface area (Å²) in [6, 6.07) is 5.77. The molecule has 6 heteroatoms. The van der Waals surface area contributed by atoms with Gasteiger partial charge in [-0.25, -0.2) is 9.97 Å². The Balaban J connectivity index is 2.20. The molecule has 0 bridgehead atoms. The van der Waals surface area contributed by atoms with Crippen LogP contribution in [0.2, 0.25) is 0 Å². The number of aromatic nitrogens is 3. The van der Waals surface area contributed by atoms with Gasteiger partial charge in [-0.1, -0.05) is 15.9 Å². The van der Waals surface area contributed by atoms with Gasteiger partial charge in [-0.05, 0) is 18.2 Å². The Morgan fingerprint density at radius 2 is 2.00 bits per heavy atom. The van der Waals surface area contributed by atoms with Crippen molar-refractivity contribution in [2.24, 2.45) is 0 Å². The summed E-state index contributed by atoms with van der Waals surface area (Å²) in [5, 5.41) is 3.05. The first-order chi connectivity index (χ1) is 7.78. The smallest absolute Gasteiger partial charge is 0.318 e. The topological polar surface area (TPSA) is 59.9 Å². The Hall–Kier alpha value is -1.69. The molecule has 0 aromatic carbocycles. The summed E-state index contributed by atoms with van der Waals surface area (Å²) in [6.07, 6.45) is 3.32. The summed E-state index contributed by atoms with van der Waals surface area (Å²) >= 11 is 3.37. The molecule has 0 unspecified atom stereocenters. The van der Waals surface area contributed by atoms with Gasteiger partial charge in [0.05, 0.1) is 7.11 Å². The number of rotatable bonds is 3. The van der Waals surface area contributed by atoms with Gasteiger partial charge in [-0.3, -0.25) is 0 Å². The number of anilines is 2. The Kier molecular flexibility index (Phi) is 3.31. The minimum atomic E-state index is 0.319. The van der Waals surface area contributed by atoms with Gasteiger partial charge < -0.3 is 10.1 Å². The fourth-order valence-corrected chi connectivity index (χ4v) is 1.45. The van der Waals surface area contributed by atoms with Crippen LogP contribution in [-0.4, -0.2) is 22.1 Å². The first-order valence-corrected chi connectivity index (χ1v) is 5.33. The maximum absolute atomic E-state index is 4.92. The van der Waals surface area contributed by atoms with E-state index in [1.165, 1.54) is 7.11 Å². The molecular formula is C10H9BrN4O. The molecular weight excluding hydrogens is 272 g/mol. The van der Waals surface area contributed by atoms with Gasteiger partial charge in [0.25, 0.3) is 0 Å². The number of hydrogen-bond acceptors (Lipinski definition) is 5. The van der Waals surface area contributed by atoms with Crippen molar-refractivity contribution in [2.75, 3.05) is 12.4 Å². The Morgan fingerprint density at radius 1 is 1.19 bits per heavy atom. The van der Waals surface area contributed by atoms with Crippen LogP contribution in [0.3, 0.4) is 0 Å². The van der Waals surface area contributed by atoms with E-state index in [9.17, 15) is 0 Å². The van der Waals surface area contributed by atoms with Crippen molar-refractivity contribution in [1.82, 2.24) is 15.0 Å². The molecule has 0 saturated heterocycles. The SMILES string of the molecule is COc1nccc(Nc2cc(Br)ccn2)n1. The molecule has 2 heterocycles. The molecule has 2 aromatic rings. The minimum absolute atomic E-state index is 0.319. The van der Waals surface area contributed by atoms with Crippen molar-refractivity contribution in [3.63, 3.8) is 0 Å². The molecule has 16 heavy (non-hydrogen) atoms. The average molecular weight is 281 g/mol. The third-order valence-electron chi connectivity index (χ3n) is 1.79. The van der Waals surface area contributed by atoms with Crippen LogP contribution in [0.4, 0.5) is 11.6 Å². The standard InChI is InChI=1S/C10H9BrN4O/c1-16-10-13-5-3-8(15-10)14-9-6-7(11)2-4-12-9/h2-6H,1H3,(H,12,13,14,15). The molecule has 0 atom stereocenters. The minimum Gasteiger partial charge on any atom is -0.467 e. The van der Waals surface area contributed by atoms with Crippen molar-refractivity contribution in [1.29, 1.82) is 0 Å². The lowest BCUT2D eigenvalue weighted by Gasteiger charge is -2.05. The predicted molar refractivity (Wildman–Crippen MR) is 63.8 cm³/mol. The van der Waals surface area contributed by atoms with Gasteiger partial charge in [-0.15, -0.1) is 0 Å². The van der Waals surface area contributed by atoms with Crippen molar-refractivity contribution >= 4 is 27.6 Å². The monoisotopic (exact) mass is 280 g/mol. The highest BCUT2D eigenvalue weighted by molar-refractivity contribution is 9.10. The van der Waals surface area contributed by atoms with Crippen LogP contribution in [0.1, 0.15) is 0 Å². The van der Waals surface area contributed by atoms with E-state index < -0.39 is 0 Å². The third-order valence-corrected chi connectivity index (χ3v) is 2.29. The van der Waals surface area contributed by atoms with Gasteiger partial charge >= 0.3 is 6.01 Å². The molecule has 2 aromatic heterocycles. The van der Waals surface area contributed by atoms with E-state index in [1.807, 2.05) is 12.1 Å². The molecule has 0 fully saturated rings. The van der Waals surface area contributed by atoms with Crippen LogP contribution in [0, 0.1) is 0 Å². The van der Waals surface area contributed by atoms with Gasteiger partial charge in [0.2, 0.25) is 0 Å². The lowest BCUT2D eigenvalue weighted by molar-refractivity contribution is 0.380. The molecule has 0 aliphatic rings. The lowest BCUT2D eigenvalue weighted by Crippen LogP contribution is -1.98. The normalized spacial score (nSPS) is 9.88. The zero-order chi connectivity index (χ0) is 11.4. The third kappa shape index (κ3) is 2.66. The molecule has 5 nitrogen and oxygen atoms in total. The van der Waals surface area contributed by atoms with Crippen LogP contribution in [0.15, 0.2) is 35.1 Å². The van der Waals surface area contributed by atoms with E-state index in [0.29, 0.717) is 17.6 Å². The molecule has 0 spiro atoms. The molecule has 0 amide bonds. The Morgan fingerprint density at radius 3 is 2.75 bits per heavy atom. The molecule has 0 aliphatic carbocycles. The summed E-state index contributed by atoms with van der Waals surface area (Å²) in [5.74, 6) is 1.34. The van der Waals surface area contributed by atoms with E-state index in [0.717, 1.165) is 4.47 Å². The molecule has 2 rings (SSSR count). The van der Waals surface area contributed by atoms with Gasteiger partial charge in [0.1, 0.15) is 11.6 Å². The largest absolute Gasteiger partial charge is 0.467 e. The van der Waals surface area contributed by atoms with E-state index in [-0.39, 0.29) is 0 Å². The fraction of sp³-hybridized carbons (Fsp3) is 0.100. The van der Waals surface area contributed by atoms with E-state index in [2.05, 4.69) is 36.2 Å². The lowest BCUT2D eigenvalue weighted by atomic mass is 10.4. The average Bonchev–Trinajstić information content (AvgIpc) is 2.29. The second-order valence-corrected chi connectivity index (χ2v) is 3.83. The highest BCUT2D eigenvalue weighted by Gasteiger charge is 2.00. The number of methoxy groups -OCH3 is 1.